The van der Waals surface area contributed by atoms with Crippen LogP contribution < -0.4 is 10.2 Å². The third-order valence-electron chi connectivity index (χ3n) is 4.51. The Morgan fingerprint density at radius 3 is 2.84 bits per heavy atom. The molecule has 0 aliphatic carbocycles. The van der Waals surface area contributed by atoms with Crippen LogP contribution in [0.2, 0.25) is 0 Å². The summed E-state index contributed by atoms with van der Waals surface area (Å²) in [7, 11) is 0. The van der Waals surface area contributed by atoms with E-state index in [1.807, 2.05) is 48.5 Å². The van der Waals surface area contributed by atoms with Crippen molar-refractivity contribution in [3.05, 3.63) is 97.2 Å². The third kappa shape index (κ3) is 5.54. The van der Waals surface area contributed by atoms with E-state index in [4.69, 9.17) is 9.15 Å². The quantitative estimate of drug-likeness (QED) is 0.160. The molecule has 0 saturated heterocycles. The molecule has 1 amide bonds. The van der Waals surface area contributed by atoms with Crippen molar-refractivity contribution in [1.82, 2.24) is 5.43 Å². The number of amides is 1. The number of fused-ring (bicyclic) bond motifs is 1. The lowest BCUT2D eigenvalue weighted by molar-refractivity contribution is 0.0929. The van der Waals surface area contributed by atoms with Gasteiger partial charge in [-0.1, -0.05) is 45.8 Å². The Hall–Kier alpha value is -2.65. The van der Waals surface area contributed by atoms with Gasteiger partial charge in [-0.15, -0.1) is 0 Å². The van der Waals surface area contributed by atoms with Crippen LogP contribution in [-0.2, 0) is 6.61 Å². The highest BCUT2D eigenvalue weighted by molar-refractivity contribution is 14.1. The van der Waals surface area contributed by atoms with Gasteiger partial charge in [0.15, 0.2) is 5.76 Å². The van der Waals surface area contributed by atoms with E-state index >= 15 is 0 Å². The smallest absolute Gasteiger partial charge is 0.307 e. The molecule has 0 bridgehead atoms. The predicted molar refractivity (Wildman–Crippen MR) is 134 cm³/mol. The van der Waals surface area contributed by atoms with E-state index in [1.165, 1.54) is 5.56 Å². The molecular formula is C24H18BrIN2O3. The fourth-order valence-electron chi connectivity index (χ4n) is 3.02. The number of furan rings is 1. The molecule has 0 aliphatic heterocycles. The summed E-state index contributed by atoms with van der Waals surface area (Å²) in [5.41, 5.74) is 6.33. The summed E-state index contributed by atoms with van der Waals surface area (Å²) in [4.78, 5) is 12.3. The molecule has 0 radical (unpaired) electrons. The maximum absolute atomic E-state index is 12.3. The van der Waals surface area contributed by atoms with Crippen molar-refractivity contribution in [2.24, 2.45) is 5.10 Å². The normalized spacial score (nSPS) is 11.2. The highest BCUT2D eigenvalue weighted by Crippen LogP contribution is 2.24. The maximum Gasteiger partial charge on any atom is 0.307 e. The summed E-state index contributed by atoms with van der Waals surface area (Å²) in [6.07, 6.45) is 1.59. The van der Waals surface area contributed by atoms with Gasteiger partial charge >= 0.3 is 5.91 Å². The number of carbonyl (C=O) groups is 1. The second kappa shape index (κ2) is 9.65. The molecule has 0 fully saturated rings. The first-order valence-corrected chi connectivity index (χ1v) is 11.4. The second-order valence-corrected chi connectivity index (χ2v) is 9.04. The largest absolute Gasteiger partial charge is 0.488 e. The van der Waals surface area contributed by atoms with Crippen molar-refractivity contribution in [3.8, 4) is 5.75 Å². The van der Waals surface area contributed by atoms with Crippen molar-refractivity contribution in [2.75, 3.05) is 0 Å². The molecule has 0 saturated carbocycles. The number of hydrogen-bond donors (Lipinski definition) is 1. The Balaban J connectivity index is 1.37. The molecule has 1 heterocycles. The minimum Gasteiger partial charge on any atom is -0.488 e. The number of ether oxygens (including phenoxy) is 1. The summed E-state index contributed by atoms with van der Waals surface area (Å²) in [6.45, 7) is 2.57. The molecule has 4 rings (SSSR count). The number of carbonyl (C=O) groups excluding carboxylic acids is 1. The van der Waals surface area contributed by atoms with Crippen LogP contribution >= 0.6 is 38.5 Å². The molecule has 0 spiro atoms. The number of hydrazone groups is 1. The lowest BCUT2D eigenvalue weighted by Gasteiger charge is -2.09. The van der Waals surface area contributed by atoms with Gasteiger partial charge in [0.2, 0.25) is 0 Å². The Bertz CT molecular complexity index is 1280. The number of benzene rings is 3. The van der Waals surface area contributed by atoms with Crippen LogP contribution in [0.3, 0.4) is 0 Å². The van der Waals surface area contributed by atoms with Gasteiger partial charge in [-0.2, -0.15) is 5.10 Å². The first kappa shape index (κ1) is 21.6. The minimum absolute atomic E-state index is 0.208. The Kier molecular flexibility index (Phi) is 6.72. The van der Waals surface area contributed by atoms with Crippen LogP contribution in [0, 0.1) is 10.5 Å². The minimum atomic E-state index is -0.406. The van der Waals surface area contributed by atoms with Gasteiger partial charge in [0.25, 0.3) is 0 Å². The highest BCUT2D eigenvalue weighted by atomic mass is 127. The van der Waals surface area contributed by atoms with Crippen molar-refractivity contribution >= 4 is 61.6 Å². The van der Waals surface area contributed by atoms with Crippen molar-refractivity contribution < 1.29 is 13.9 Å². The van der Waals surface area contributed by atoms with E-state index in [2.05, 4.69) is 68.1 Å². The fraction of sp³-hybridized carbons (Fsp3) is 0.0833. The summed E-state index contributed by atoms with van der Waals surface area (Å²) < 4.78 is 13.4. The Labute approximate surface area is 201 Å². The first-order chi connectivity index (χ1) is 15.0. The molecule has 1 aromatic heterocycles. The number of aryl methyl sites for hydroxylation is 1. The van der Waals surface area contributed by atoms with E-state index in [0.717, 1.165) is 30.3 Å². The molecule has 156 valence electrons. The molecule has 7 heteroatoms. The summed E-state index contributed by atoms with van der Waals surface area (Å²) >= 11 is 5.63. The van der Waals surface area contributed by atoms with E-state index in [-0.39, 0.29) is 5.76 Å². The Morgan fingerprint density at radius 1 is 1.16 bits per heavy atom. The van der Waals surface area contributed by atoms with E-state index in [9.17, 15) is 4.79 Å². The number of nitrogens with zero attached hydrogens (tertiary/aromatic N) is 1. The van der Waals surface area contributed by atoms with E-state index in [0.29, 0.717) is 12.2 Å². The monoisotopic (exact) mass is 588 g/mol. The van der Waals surface area contributed by atoms with Crippen molar-refractivity contribution in [2.45, 2.75) is 13.5 Å². The lowest BCUT2D eigenvalue weighted by Crippen LogP contribution is -2.16. The van der Waals surface area contributed by atoms with Gasteiger partial charge in [0.05, 0.1) is 9.78 Å². The molecule has 0 atom stereocenters. The number of halogens is 2. The van der Waals surface area contributed by atoms with Gasteiger partial charge in [-0.05, 0) is 83.1 Å². The molecule has 31 heavy (non-hydrogen) atoms. The highest BCUT2D eigenvalue weighted by Gasteiger charge is 2.11. The summed E-state index contributed by atoms with van der Waals surface area (Å²) in [5, 5.41) is 4.89. The Morgan fingerprint density at radius 2 is 2.03 bits per heavy atom. The van der Waals surface area contributed by atoms with Crippen LogP contribution in [0.5, 0.6) is 5.75 Å². The van der Waals surface area contributed by atoms with Gasteiger partial charge in [-0.25, -0.2) is 5.43 Å². The number of nitrogens with one attached hydrogen (secondary N) is 1. The molecule has 5 nitrogen and oxygen atoms in total. The second-order valence-electron chi connectivity index (χ2n) is 6.96. The first-order valence-electron chi connectivity index (χ1n) is 9.48. The number of rotatable bonds is 6. The summed E-state index contributed by atoms with van der Waals surface area (Å²) in [6, 6.07) is 21.2. The molecule has 1 N–H and O–H groups in total. The fourth-order valence-corrected chi connectivity index (χ4v) is 4.10. The molecular weight excluding hydrogens is 571 g/mol. The third-order valence-corrected chi connectivity index (χ3v) is 5.85. The average Bonchev–Trinajstić information content (AvgIpc) is 3.16. The topological polar surface area (TPSA) is 63.8 Å². The van der Waals surface area contributed by atoms with Crippen LogP contribution in [0.15, 0.2) is 80.7 Å². The molecule has 4 aromatic rings. The van der Waals surface area contributed by atoms with Crippen molar-refractivity contribution in [3.63, 3.8) is 0 Å². The average molecular weight is 589 g/mol. The van der Waals surface area contributed by atoms with Gasteiger partial charge in [0, 0.05) is 9.86 Å². The van der Waals surface area contributed by atoms with Crippen LogP contribution in [0.25, 0.3) is 11.0 Å². The zero-order chi connectivity index (χ0) is 21.8. The van der Waals surface area contributed by atoms with Gasteiger partial charge in [-0.3, -0.25) is 4.79 Å². The number of hydrogen-bond acceptors (Lipinski definition) is 4. The standard InChI is InChI=1S/C24H18BrIN2O3/c1-15-3-2-4-17(9-15)14-30-22-7-5-16(10-20(22)26)13-27-28-24(29)23-12-18-11-19(25)6-8-21(18)31-23/h2-13H,14H2,1H3,(H,28,29)/b27-13+. The van der Waals surface area contributed by atoms with Crippen LogP contribution in [0.4, 0.5) is 0 Å². The van der Waals surface area contributed by atoms with Gasteiger partial charge < -0.3 is 9.15 Å². The van der Waals surface area contributed by atoms with Crippen LogP contribution in [0.1, 0.15) is 27.2 Å². The molecule has 0 aliphatic rings. The zero-order valence-electron chi connectivity index (χ0n) is 16.6. The van der Waals surface area contributed by atoms with E-state index in [1.54, 1.807) is 12.3 Å². The lowest BCUT2D eigenvalue weighted by atomic mass is 10.1. The predicted octanol–water partition coefficient (Wildman–Crippen LogP) is 6.45. The summed E-state index contributed by atoms with van der Waals surface area (Å²) in [5.74, 6) is 0.604. The molecule has 3 aromatic carbocycles. The maximum atomic E-state index is 12.3. The SMILES string of the molecule is Cc1cccc(COc2ccc(/C=N/NC(=O)c3cc4cc(Br)ccc4o3)cc2I)c1. The van der Waals surface area contributed by atoms with Crippen molar-refractivity contribution in [1.29, 1.82) is 0 Å². The van der Waals surface area contributed by atoms with Crippen LogP contribution in [-0.4, -0.2) is 12.1 Å². The molecule has 0 unspecified atom stereocenters. The zero-order valence-corrected chi connectivity index (χ0v) is 20.3. The van der Waals surface area contributed by atoms with E-state index < -0.39 is 5.91 Å². The van der Waals surface area contributed by atoms with Gasteiger partial charge in [0.1, 0.15) is 17.9 Å².